The van der Waals surface area contributed by atoms with Crippen molar-refractivity contribution in [3.05, 3.63) is 12.2 Å². The van der Waals surface area contributed by atoms with E-state index < -0.39 is 0 Å². The predicted molar refractivity (Wildman–Crippen MR) is 87.3 cm³/mol. The summed E-state index contributed by atoms with van der Waals surface area (Å²) in [5, 5.41) is 10.1. The van der Waals surface area contributed by atoms with E-state index in [9.17, 15) is 9.90 Å². The minimum Gasteiger partial charge on any atom is -0.393 e. The molecular weight excluding hydrogens is 272 g/mol. The van der Waals surface area contributed by atoms with Crippen molar-refractivity contribution < 1.29 is 9.90 Å². The van der Waals surface area contributed by atoms with Crippen LogP contribution in [0.5, 0.6) is 0 Å². The van der Waals surface area contributed by atoms with E-state index in [0.717, 1.165) is 32.1 Å². The first-order chi connectivity index (χ1) is 10.4. The normalized spacial score (nSPS) is 54.6. The fraction of sp³-hybridized carbons (Fsp3) is 0.850. The summed E-state index contributed by atoms with van der Waals surface area (Å²) in [5.41, 5.74) is 1.55. The molecule has 22 heavy (non-hydrogen) atoms. The summed E-state index contributed by atoms with van der Waals surface area (Å²) in [5.74, 6) is 2.56. The Hall–Kier alpha value is -0.630. The van der Waals surface area contributed by atoms with Gasteiger partial charge in [-0.1, -0.05) is 26.0 Å². The van der Waals surface area contributed by atoms with Crippen molar-refractivity contribution in [2.24, 2.45) is 34.5 Å². The average Bonchev–Trinajstić information content (AvgIpc) is 2.75. The van der Waals surface area contributed by atoms with Crippen LogP contribution in [0.1, 0.15) is 65.2 Å². The molecule has 0 amide bonds. The number of aliphatic hydroxyl groups is 1. The molecule has 0 radical (unpaired) electrons. The summed E-state index contributed by atoms with van der Waals surface area (Å²) < 4.78 is 0. The standard InChI is InChI=1S/C20H30O2/c1-12-4-7-16-15-6-5-13-10-14(21)8-9-19(13,2)18(15)17(22)11-20(12,16)3/h13-16,18,21H,1,4-11H2,2-3H3/t13-,14+,15-,16-,18+,19-,20+/m0/s1. The van der Waals surface area contributed by atoms with Crippen molar-refractivity contribution in [1.29, 1.82) is 0 Å². The highest BCUT2D eigenvalue weighted by Crippen LogP contribution is 2.66. The Morgan fingerprint density at radius 3 is 2.73 bits per heavy atom. The van der Waals surface area contributed by atoms with Crippen molar-refractivity contribution in [1.82, 2.24) is 0 Å². The molecule has 4 aliphatic rings. The molecule has 122 valence electrons. The van der Waals surface area contributed by atoms with Crippen LogP contribution in [0.4, 0.5) is 0 Å². The summed E-state index contributed by atoms with van der Waals surface area (Å²) in [6.45, 7) is 8.98. The van der Waals surface area contributed by atoms with Crippen molar-refractivity contribution in [2.45, 2.75) is 71.3 Å². The highest BCUT2D eigenvalue weighted by Gasteiger charge is 2.61. The van der Waals surface area contributed by atoms with Gasteiger partial charge in [-0.2, -0.15) is 0 Å². The van der Waals surface area contributed by atoms with E-state index in [1.807, 2.05) is 0 Å². The van der Waals surface area contributed by atoms with Crippen LogP contribution in [0.3, 0.4) is 0 Å². The molecule has 0 saturated heterocycles. The molecule has 4 saturated carbocycles. The van der Waals surface area contributed by atoms with Gasteiger partial charge in [0.15, 0.2) is 0 Å². The Morgan fingerprint density at radius 1 is 1.18 bits per heavy atom. The molecule has 4 fully saturated rings. The largest absolute Gasteiger partial charge is 0.393 e. The van der Waals surface area contributed by atoms with Gasteiger partial charge in [-0.05, 0) is 73.5 Å². The van der Waals surface area contributed by atoms with Crippen LogP contribution in [0.2, 0.25) is 0 Å². The summed E-state index contributed by atoms with van der Waals surface area (Å²) in [6.07, 6.45) is 8.20. The molecule has 0 heterocycles. The summed E-state index contributed by atoms with van der Waals surface area (Å²) in [4.78, 5) is 13.2. The molecule has 4 rings (SSSR count). The van der Waals surface area contributed by atoms with Crippen molar-refractivity contribution >= 4 is 5.78 Å². The van der Waals surface area contributed by atoms with Crippen LogP contribution in [-0.2, 0) is 4.79 Å². The maximum absolute atomic E-state index is 13.2. The average molecular weight is 302 g/mol. The van der Waals surface area contributed by atoms with E-state index in [1.54, 1.807) is 0 Å². The van der Waals surface area contributed by atoms with Crippen LogP contribution in [0.25, 0.3) is 0 Å². The Balaban J connectivity index is 1.71. The Morgan fingerprint density at radius 2 is 1.95 bits per heavy atom. The number of carbonyl (C=O) groups excluding carboxylic acids is 1. The number of carbonyl (C=O) groups is 1. The molecule has 1 N–H and O–H groups in total. The molecule has 0 spiro atoms. The molecule has 4 aliphatic carbocycles. The van der Waals surface area contributed by atoms with Gasteiger partial charge in [0.1, 0.15) is 5.78 Å². The maximum atomic E-state index is 13.2. The number of hydrogen-bond acceptors (Lipinski definition) is 2. The Labute approximate surface area is 134 Å². The number of fused-ring (bicyclic) bond motifs is 5. The summed E-state index contributed by atoms with van der Waals surface area (Å²) in [7, 11) is 0. The number of aliphatic hydroxyl groups excluding tert-OH is 1. The van der Waals surface area contributed by atoms with Gasteiger partial charge >= 0.3 is 0 Å². The van der Waals surface area contributed by atoms with Crippen LogP contribution in [0.15, 0.2) is 12.2 Å². The molecular formula is C20H30O2. The zero-order valence-electron chi connectivity index (χ0n) is 14.1. The van der Waals surface area contributed by atoms with E-state index in [0.29, 0.717) is 23.5 Å². The second kappa shape index (κ2) is 4.69. The Bertz CT molecular complexity index is 524. The second-order valence-corrected chi connectivity index (χ2v) is 9.16. The molecule has 2 heteroatoms. The predicted octanol–water partition coefficient (Wildman–Crippen LogP) is 4.13. The zero-order valence-corrected chi connectivity index (χ0v) is 14.1. The van der Waals surface area contributed by atoms with Gasteiger partial charge in [0.25, 0.3) is 0 Å². The van der Waals surface area contributed by atoms with E-state index in [-0.39, 0.29) is 22.9 Å². The summed E-state index contributed by atoms with van der Waals surface area (Å²) in [6, 6.07) is 0. The van der Waals surface area contributed by atoms with Crippen LogP contribution < -0.4 is 0 Å². The van der Waals surface area contributed by atoms with Crippen molar-refractivity contribution in [2.75, 3.05) is 0 Å². The highest BCUT2D eigenvalue weighted by molar-refractivity contribution is 5.84. The van der Waals surface area contributed by atoms with Gasteiger partial charge in [-0.25, -0.2) is 0 Å². The minimum atomic E-state index is -0.134. The Kier molecular flexibility index (Phi) is 3.18. The van der Waals surface area contributed by atoms with E-state index in [1.165, 1.54) is 24.8 Å². The molecule has 0 aromatic heterocycles. The van der Waals surface area contributed by atoms with Crippen LogP contribution in [0, 0.1) is 34.5 Å². The number of ketones is 1. The highest BCUT2D eigenvalue weighted by atomic mass is 16.3. The number of Topliss-reactive ketones (excluding diaryl/α,β-unsaturated/α-hetero) is 1. The lowest BCUT2D eigenvalue weighted by molar-refractivity contribution is -0.157. The molecule has 2 nitrogen and oxygen atoms in total. The molecule has 0 aliphatic heterocycles. The number of rotatable bonds is 0. The summed E-state index contributed by atoms with van der Waals surface area (Å²) >= 11 is 0. The lowest BCUT2D eigenvalue weighted by atomic mass is 9.44. The lowest BCUT2D eigenvalue weighted by Crippen LogP contribution is -2.57. The molecule has 0 aromatic rings. The SMILES string of the molecule is C=C1CC[C@H]2[C@@H]3CC[C@H]4C[C@H](O)CC[C@]4(C)[C@H]3C(=O)C[C@]12C. The van der Waals surface area contributed by atoms with Gasteiger partial charge in [0.05, 0.1) is 6.10 Å². The first-order valence-electron chi connectivity index (χ1n) is 9.25. The van der Waals surface area contributed by atoms with Gasteiger partial charge in [0.2, 0.25) is 0 Å². The smallest absolute Gasteiger partial charge is 0.137 e. The fourth-order valence-corrected chi connectivity index (χ4v) is 6.95. The van der Waals surface area contributed by atoms with E-state index >= 15 is 0 Å². The monoisotopic (exact) mass is 302 g/mol. The van der Waals surface area contributed by atoms with E-state index in [4.69, 9.17) is 0 Å². The van der Waals surface area contributed by atoms with Crippen LogP contribution >= 0.6 is 0 Å². The third-order valence-electron chi connectivity index (χ3n) is 8.28. The van der Waals surface area contributed by atoms with E-state index in [2.05, 4.69) is 20.4 Å². The van der Waals surface area contributed by atoms with Crippen LogP contribution in [-0.4, -0.2) is 17.0 Å². The van der Waals surface area contributed by atoms with Crippen molar-refractivity contribution in [3.8, 4) is 0 Å². The van der Waals surface area contributed by atoms with Gasteiger partial charge in [-0.15, -0.1) is 0 Å². The first kappa shape index (κ1) is 14.9. The third-order valence-corrected chi connectivity index (χ3v) is 8.28. The fourth-order valence-electron chi connectivity index (χ4n) is 6.95. The van der Waals surface area contributed by atoms with Gasteiger partial charge < -0.3 is 5.11 Å². The quantitative estimate of drug-likeness (QED) is 0.683. The second-order valence-electron chi connectivity index (χ2n) is 9.16. The zero-order chi connectivity index (χ0) is 15.7. The van der Waals surface area contributed by atoms with Gasteiger partial charge in [0, 0.05) is 12.3 Å². The molecule has 0 unspecified atom stereocenters. The van der Waals surface area contributed by atoms with Gasteiger partial charge in [-0.3, -0.25) is 4.79 Å². The lowest BCUT2D eigenvalue weighted by Gasteiger charge is -2.59. The minimum absolute atomic E-state index is 0.0790. The number of hydrogen-bond donors (Lipinski definition) is 1. The van der Waals surface area contributed by atoms with Crippen molar-refractivity contribution in [3.63, 3.8) is 0 Å². The molecule has 0 aromatic carbocycles. The topological polar surface area (TPSA) is 37.3 Å². The molecule has 0 bridgehead atoms. The first-order valence-corrected chi connectivity index (χ1v) is 9.25. The third kappa shape index (κ3) is 1.79. The number of allylic oxidation sites excluding steroid dienone is 1. The molecule has 7 atom stereocenters. The maximum Gasteiger partial charge on any atom is 0.137 e.